The summed E-state index contributed by atoms with van der Waals surface area (Å²) >= 11 is 7.59. The quantitative estimate of drug-likeness (QED) is 0.563. The van der Waals surface area contributed by atoms with Crippen LogP contribution in [0, 0.1) is 5.92 Å². The van der Waals surface area contributed by atoms with E-state index in [1.165, 1.54) is 11.3 Å². The van der Waals surface area contributed by atoms with E-state index in [9.17, 15) is 9.59 Å². The van der Waals surface area contributed by atoms with Gasteiger partial charge in [-0.1, -0.05) is 29.8 Å². The van der Waals surface area contributed by atoms with E-state index in [1.807, 2.05) is 40.6 Å². The topological polar surface area (TPSA) is 81.7 Å². The summed E-state index contributed by atoms with van der Waals surface area (Å²) in [4.78, 5) is 40.7. The molecule has 0 saturated carbocycles. The van der Waals surface area contributed by atoms with Crippen molar-refractivity contribution in [3.63, 3.8) is 0 Å². The summed E-state index contributed by atoms with van der Waals surface area (Å²) in [5.41, 5.74) is 2.81. The van der Waals surface area contributed by atoms with E-state index in [4.69, 9.17) is 11.6 Å². The van der Waals surface area contributed by atoms with Crippen molar-refractivity contribution in [2.24, 2.45) is 5.92 Å². The zero-order valence-electron chi connectivity index (χ0n) is 19.5. The van der Waals surface area contributed by atoms with Gasteiger partial charge in [0.25, 0.3) is 5.91 Å². The Hall–Kier alpha value is -3.01. The number of thiazole rings is 1. The molecule has 0 spiro atoms. The molecule has 2 aromatic heterocycles. The number of nitrogens with zero attached hydrogens (tertiary/aromatic N) is 5. The minimum absolute atomic E-state index is 0.129. The van der Waals surface area contributed by atoms with Crippen molar-refractivity contribution in [2.45, 2.75) is 6.42 Å². The number of carbonyl (C=O) groups is 2. The lowest BCUT2D eigenvalue weighted by molar-refractivity contribution is -0.135. The number of benzene rings is 1. The number of halogens is 1. The number of piperazine rings is 1. The Balaban J connectivity index is 1.16. The molecule has 3 aromatic rings. The van der Waals surface area contributed by atoms with Gasteiger partial charge >= 0.3 is 0 Å². The van der Waals surface area contributed by atoms with Gasteiger partial charge in [-0.2, -0.15) is 0 Å². The second-order valence-corrected chi connectivity index (χ2v) is 10.2. The van der Waals surface area contributed by atoms with Crippen LogP contribution in [0.4, 0.5) is 10.8 Å². The molecule has 8 nitrogen and oxygen atoms in total. The number of aromatic nitrogens is 2. The number of nitrogens with one attached hydrogen (secondary N) is 1. The van der Waals surface area contributed by atoms with E-state index >= 15 is 0 Å². The van der Waals surface area contributed by atoms with Crippen molar-refractivity contribution in [2.75, 3.05) is 56.5 Å². The maximum atomic E-state index is 12.8. The first-order chi connectivity index (χ1) is 17.0. The standard InChI is InChI=1S/C25H27ClN6O2S/c1-30-9-8-17(15-30)24(34)32-12-10-31(11-13-32)18-6-7-21(27-14-18)23(33)29-25-28-22(16-35-25)19-4-2-3-5-20(19)26/h2-7,14,16-17H,8-13,15H2,1H3,(H,28,29,33). The lowest BCUT2D eigenvalue weighted by Gasteiger charge is -2.37. The molecule has 2 fully saturated rings. The van der Waals surface area contributed by atoms with Crippen LogP contribution < -0.4 is 10.2 Å². The first-order valence-corrected chi connectivity index (χ1v) is 12.9. The SMILES string of the molecule is CN1CCC(C(=O)N2CCN(c3ccc(C(=O)Nc4nc(-c5ccccc5Cl)cs4)nc3)CC2)C1. The zero-order chi connectivity index (χ0) is 24.4. The number of carbonyl (C=O) groups excluding carboxylic acids is 2. The number of hydrogen-bond acceptors (Lipinski definition) is 7. The zero-order valence-corrected chi connectivity index (χ0v) is 21.1. The van der Waals surface area contributed by atoms with E-state index in [0.29, 0.717) is 28.9 Å². The van der Waals surface area contributed by atoms with Gasteiger partial charge in [0.2, 0.25) is 5.91 Å². The molecule has 35 heavy (non-hydrogen) atoms. The van der Waals surface area contributed by atoms with Crippen LogP contribution in [-0.4, -0.2) is 77.9 Å². The molecule has 1 aromatic carbocycles. The molecule has 2 aliphatic heterocycles. The van der Waals surface area contributed by atoms with Gasteiger partial charge in [0.15, 0.2) is 5.13 Å². The summed E-state index contributed by atoms with van der Waals surface area (Å²) in [5.74, 6) is 0.0946. The molecule has 10 heteroatoms. The monoisotopic (exact) mass is 510 g/mol. The van der Waals surface area contributed by atoms with Gasteiger partial charge in [0, 0.05) is 48.7 Å². The summed E-state index contributed by atoms with van der Waals surface area (Å²) in [5, 5.41) is 5.79. The van der Waals surface area contributed by atoms with Gasteiger partial charge in [-0.05, 0) is 38.2 Å². The molecular formula is C25H27ClN6O2S. The third-order valence-electron chi connectivity index (χ3n) is 6.55. The van der Waals surface area contributed by atoms with Gasteiger partial charge in [-0.3, -0.25) is 14.9 Å². The maximum absolute atomic E-state index is 12.8. The first kappa shape index (κ1) is 23.7. The van der Waals surface area contributed by atoms with E-state index in [0.717, 1.165) is 49.5 Å². The van der Waals surface area contributed by atoms with Crippen LogP contribution in [0.3, 0.4) is 0 Å². The molecule has 2 saturated heterocycles. The highest BCUT2D eigenvalue weighted by Gasteiger charge is 2.31. The van der Waals surface area contributed by atoms with Crippen molar-refractivity contribution in [1.29, 1.82) is 0 Å². The first-order valence-electron chi connectivity index (χ1n) is 11.7. The van der Waals surface area contributed by atoms with Gasteiger partial charge < -0.3 is 14.7 Å². The third kappa shape index (κ3) is 5.32. The molecule has 5 rings (SSSR count). The normalized spacial score (nSPS) is 18.6. The van der Waals surface area contributed by atoms with Crippen molar-refractivity contribution in [1.82, 2.24) is 19.8 Å². The number of rotatable bonds is 5. The van der Waals surface area contributed by atoms with E-state index in [-0.39, 0.29) is 17.7 Å². The predicted molar refractivity (Wildman–Crippen MR) is 139 cm³/mol. The van der Waals surface area contributed by atoms with Crippen molar-refractivity contribution < 1.29 is 9.59 Å². The number of pyridine rings is 1. The molecule has 4 heterocycles. The van der Waals surface area contributed by atoms with Crippen molar-refractivity contribution in [3.05, 3.63) is 58.7 Å². The minimum atomic E-state index is -0.312. The van der Waals surface area contributed by atoms with E-state index in [1.54, 1.807) is 12.3 Å². The summed E-state index contributed by atoms with van der Waals surface area (Å²) < 4.78 is 0. The smallest absolute Gasteiger partial charge is 0.276 e. The fourth-order valence-corrected chi connectivity index (χ4v) is 5.51. The average molecular weight is 511 g/mol. The van der Waals surface area contributed by atoms with Crippen LogP contribution in [0.5, 0.6) is 0 Å². The second kappa shape index (κ2) is 10.3. The maximum Gasteiger partial charge on any atom is 0.276 e. The van der Waals surface area contributed by atoms with Crippen LogP contribution in [-0.2, 0) is 4.79 Å². The lowest BCUT2D eigenvalue weighted by Crippen LogP contribution is -2.50. The van der Waals surface area contributed by atoms with Crippen LogP contribution >= 0.6 is 22.9 Å². The Kier molecular flexibility index (Phi) is 6.99. The third-order valence-corrected chi connectivity index (χ3v) is 7.64. The Labute approximate surface area is 213 Å². The van der Waals surface area contributed by atoms with Gasteiger partial charge in [-0.15, -0.1) is 11.3 Å². The summed E-state index contributed by atoms with van der Waals surface area (Å²) in [6.45, 7) is 4.77. The Morgan fingerprint density at radius 2 is 1.89 bits per heavy atom. The van der Waals surface area contributed by atoms with Crippen LogP contribution in [0.1, 0.15) is 16.9 Å². The fraction of sp³-hybridized carbons (Fsp3) is 0.360. The van der Waals surface area contributed by atoms with Gasteiger partial charge in [0.05, 0.1) is 23.5 Å². The van der Waals surface area contributed by atoms with Crippen LogP contribution in [0.2, 0.25) is 5.02 Å². The molecule has 2 amide bonds. The van der Waals surface area contributed by atoms with Crippen LogP contribution in [0.25, 0.3) is 11.3 Å². The highest BCUT2D eigenvalue weighted by atomic mass is 35.5. The minimum Gasteiger partial charge on any atom is -0.367 e. The Morgan fingerprint density at radius 1 is 1.09 bits per heavy atom. The predicted octanol–water partition coefficient (Wildman–Crippen LogP) is 3.71. The Morgan fingerprint density at radius 3 is 2.57 bits per heavy atom. The average Bonchev–Trinajstić information content (AvgIpc) is 3.53. The van der Waals surface area contributed by atoms with E-state index in [2.05, 4.69) is 32.1 Å². The highest BCUT2D eigenvalue weighted by Crippen LogP contribution is 2.30. The Bertz CT molecular complexity index is 1210. The van der Waals surface area contributed by atoms with Crippen LogP contribution in [0.15, 0.2) is 48.0 Å². The number of hydrogen-bond donors (Lipinski definition) is 1. The largest absolute Gasteiger partial charge is 0.367 e. The molecule has 1 atom stereocenters. The number of likely N-dealkylation sites (tertiary alicyclic amines) is 1. The second-order valence-electron chi connectivity index (χ2n) is 8.93. The molecule has 182 valence electrons. The highest BCUT2D eigenvalue weighted by molar-refractivity contribution is 7.14. The summed E-state index contributed by atoms with van der Waals surface area (Å²) in [6, 6.07) is 11.1. The number of amides is 2. The van der Waals surface area contributed by atoms with Gasteiger partial charge in [0.1, 0.15) is 5.69 Å². The molecule has 2 aliphatic rings. The van der Waals surface area contributed by atoms with E-state index < -0.39 is 0 Å². The molecule has 0 radical (unpaired) electrons. The summed E-state index contributed by atoms with van der Waals surface area (Å²) in [6.07, 6.45) is 2.67. The van der Waals surface area contributed by atoms with Crippen molar-refractivity contribution in [3.8, 4) is 11.3 Å². The van der Waals surface area contributed by atoms with Gasteiger partial charge in [-0.25, -0.2) is 9.97 Å². The molecule has 0 aliphatic carbocycles. The van der Waals surface area contributed by atoms with Crippen molar-refractivity contribution >= 4 is 45.6 Å². The molecule has 1 unspecified atom stereocenters. The fourth-order valence-electron chi connectivity index (χ4n) is 4.57. The summed E-state index contributed by atoms with van der Waals surface area (Å²) in [7, 11) is 2.07. The molecule has 0 bridgehead atoms. The lowest BCUT2D eigenvalue weighted by atomic mass is 10.1. The molecular weight excluding hydrogens is 484 g/mol. The molecule has 1 N–H and O–H groups in total. The number of anilines is 2.